The fourth-order valence-corrected chi connectivity index (χ4v) is 9.02. The van der Waals surface area contributed by atoms with Gasteiger partial charge in [0.15, 0.2) is 0 Å². The van der Waals surface area contributed by atoms with Crippen molar-refractivity contribution in [3.05, 3.63) is 60.7 Å². The number of rotatable bonds is 10. The third-order valence-electron chi connectivity index (χ3n) is 5.63. The van der Waals surface area contributed by atoms with E-state index in [2.05, 4.69) is 88.4 Å². The van der Waals surface area contributed by atoms with Crippen molar-refractivity contribution in [1.82, 2.24) is 0 Å². The van der Waals surface area contributed by atoms with Gasteiger partial charge in [-0.05, 0) is 43.0 Å². The Morgan fingerprint density at radius 3 is 1.73 bits per heavy atom. The smallest absolute Gasteiger partial charge is 0.0991 e. The monoisotopic (exact) mass is 371 g/mol. The van der Waals surface area contributed by atoms with Crippen molar-refractivity contribution in [1.29, 1.82) is 0 Å². The molecule has 0 radical (unpaired) electrons. The predicted molar refractivity (Wildman–Crippen MR) is 118 cm³/mol. The van der Waals surface area contributed by atoms with E-state index in [0.29, 0.717) is 11.8 Å². The lowest BCUT2D eigenvalue weighted by Gasteiger charge is -2.33. The Labute approximate surface area is 161 Å². The van der Waals surface area contributed by atoms with Gasteiger partial charge >= 0.3 is 0 Å². The van der Waals surface area contributed by atoms with Crippen LogP contribution in [0.15, 0.2) is 60.7 Å². The SMILES string of the molecule is CCCC[P+](CC(CC)C(O)C(C)C)(c1ccccc1)c1ccccc1. The molecule has 0 bridgehead atoms. The summed E-state index contributed by atoms with van der Waals surface area (Å²) < 4.78 is 0. The molecular weight excluding hydrogens is 335 g/mol. The third kappa shape index (κ3) is 4.96. The quantitative estimate of drug-likeness (QED) is 0.547. The fourth-order valence-electron chi connectivity index (χ4n) is 3.99. The first-order valence-corrected chi connectivity index (χ1v) is 12.4. The molecule has 0 amide bonds. The van der Waals surface area contributed by atoms with Crippen molar-refractivity contribution in [3.63, 3.8) is 0 Å². The minimum Gasteiger partial charge on any atom is -0.392 e. The summed E-state index contributed by atoms with van der Waals surface area (Å²) in [5.74, 6) is 0.653. The van der Waals surface area contributed by atoms with Crippen molar-refractivity contribution in [2.75, 3.05) is 12.3 Å². The Morgan fingerprint density at radius 2 is 1.35 bits per heavy atom. The van der Waals surface area contributed by atoms with Gasteiger partial charge in [-0.2, -0.15) is 0 Å². The summed E-state index contributed by atoms with van der Waals surface area (Å²) in [5.41, 5.74) is 0. The average Bonchev–Trinajstić information content (AvgIpc) is 2.69. The molecule has 0 spiro atoms. The van der Waals surface area contributed by atoms with Gasteiger partial charge in [0.25, 0.3) is 0 Å². The van der Waals surface area contributed by atoms with Crippen molar-refractivity contribution in [2.45, 2.75) is 53.1 Å². The van der Waals surface area contributed by atoms with Gasteiger partial charge in [0.05, 0.1) is 36.3 Å². The minimum atomic E-state index is -1.54. The van der Waals surface area contributed by atoms with Crippen LogP contribution in [0.3, 0.4) is 0 Å². The van der Waals surface area contributed by atoms with Crippen LogP contribution in [0.1, 0.15) is 47.0 Å². The van der Waals surface area contributed by atoms with E-state index in [1.165, 1.54) is 29.6 Å². The zero-order valence-electron chi connectivity index (χ0n) is 16.9. The minimum absolute atomic E-state index is 0.228. The molecule has 26 heavy (non-hydrogen) atoms. The maximum atomic E-state index is 10.9. The Morgan fingerprint density at radius 1 is 0.846 bits per heavy atom. The molecule has 0 saturated carbocycles. The normalized spacial score (nSPS) is 14.4. The molecule has 0 aliphatic heterocycles. The van der Waals surface area contributed by atoms with Crippen LogP contribution >= 0.6 is 7.26 Å². The molecule has 0 aliphatic rings. The number of aliphatic hydroxyl groups excluding tert-OH is 1. The predicted octanol–water partition coefficient (Wildman–Crippen LogP) is 5.50. The van der Waals surface area contributed by atoms with Gasteiger partial charge in [0.2, 0.25) is 0 Å². The first-order valence-electron chi connectivity index (χ1n) is 10.2. The average molecular weight is 372 g/mol. The lowest BCUT2D eigenvalue weighted by molar-refractivity contribution is 0.0722. The van der Waals surface area contributed by atoms with Crippen LogP contribution in [0.25, 0.3) is 0 Å². The Hall–Kier alpha value is -1.17. The van der Waals surface area contributed by atoms with Gasteiger partial charge in [-0.1, -0.05) is 70.5 Å². The van der Waals surface area contributed by atoms with E-state index in [1.54, 1.807) is 0 Å². The van der Waals surface area contributed by atoms with Crippen LogP contribution in [0.4, 0.5) is 0 Å². The molecule has 0 aliphatic carbocycles. The summed E-state index contributed by atoms with van der Waals surface area (Å²) in [7, 11) is -1.54. The van der Waals surface area contributed by atoms with Crippen LogP contribution in [0, 0.1) is 11.8 Å². The standard InChI is InChI=1S/C24H36OP/c1-5-7-18-26(22-14-10-8-11-15-22,23-16-12-9-13-17-23)19-21(6-2)24(25)20(3)4/h8-17,20-21,24-25H,5-7,18-19H2,1-4H3/q+1. The van der Waals surface area contributed by atoms with Crippen molar-refractivity contribution in [3.8, 4) is 0 Å². The van der Waals surface area contributed by atoms with Crippen LogP contribution in [0.5, 0.6) is 0 Å². The molecule has 2 unspecified atom stereocenters. The van der Waals surface area contributed by atoms with Crippen LogP contribution < -0.4 is 10.6 Å². The Balaban J connectivity index is 2.55. The van der Waals surface area contributed by atoms with E-state index in [9.17, 15) is 5.11 Å². The van der Waals surface area contributed by atoms with E-state index in [0.717, 1.165) is 12.6 Å². The highest BCUT2D eigenvalue weighted by atomic mass is 31.2. The molecule has 1 nitrogen and oxygen atoms in total. The molecule has 0 fully saturated rings. The molecule has 2 rings (SSSR count). The summed E-state index contributed by atoms with van der Waals surface area (Å²) in [6.45, 7) is 8.81. The first-order chi connectivity index (χ1) is 12.5. The molecule has 2 aromatic rings. The van der Waals surface area contributed by atoms with Crippen molar-refractivity contribution < 1.29 is 5.11 Å². The van der Waals surface area contributed by atoms with E-state index in [-0.39, 0.29) is 6.10 Å². The zero-order chi connectivity index (χ0) is 19.0. The molecule has 1 N–H and O–H groups in total. The lowest BCUT2D eigenvalue weighted by atomic mass is 9.93. The summed E-state index contributed by atoms with van der Waals surface area (Å²) in [4.78, 5) is 0. The summed E-state index contributed by atoms with van der Waals surface area (Å²) >= 11 is 0. The summed E-state index contributed by atoms with van der Waals surface area (Å²) in [6, 6.07) is 22.2. The largest absolute Gasteiger partial charge is 0.392 e. The lowest BCUT2D eigenvalue weighted by Crippen LogP contribution is -2.36. The van der Waals surface area contributed by atoms with Gasteiger partial charge in [0, 0.05) is 5.92 Å². The molecule has 0 heterocycles. The van der Waals surface area contributed by atoms with Gasteiger partial charge in [0.1, 0.15) is 0 Å². The molecule has 2 aromatic carbocycles. The molecule has 2 heteroatoms. The van der Waals surface area contributed by atoms with Crippen LogP contribution in [-0.2, 0) is 0 Å². The van der Waals surface area contributed by atoms with Gasteiger partial charge in [-0.25, -0.2) is 0 Å². The van der Waals surface area contributed by atoms with Crippen molar-refractivity contribution >= 4 is 17.9 Å². The highest BCUT2D eigenvalue weighted by Crippen LogP contribution is 2.59. The second-order valence-electron chi connectivity index (χ2n) is 7.80. The Kier molecular flexibility index (Phi) is 8.32. The van der Waals surface area contributed by atoms with Gasteiger partial charge in [-0.15, -0.1) is 0 Å². The Bertz CT molecular complexity index is 584. The maximum Gasteiger partial charge on any atom is 0.0991 e. The second kappa shape index (κ2) is 10.2. The van der Waals surface area contributed by atoms with E-state index in [4.69, 9.17) is 0 Å². The highest BCUT2D eigenvalue weighted by Gasteiger charge is 2.45. The first kappa shape index (κ1) is 21.1. The van der Waals surface area contributed by atoms with Gasteiger partial charge in [-0.3, -0.25) is 0 Å². The summed E-state index contributed by atoms with van der Waals surface area (Å²) in [6.07, 6.45) is 5.60. The molecule has 0 saturated heterocycles. The van der Waals surface area contributed by atoms with Crippen LogP contribution in [-0.4, -0.2) is 23.5 Å². The number of benzene rings is 2. The third-order valence-corrected chi connectivity index (χ3v) is 10.4. The van der Waals surface area contributed by atoms with E-state index in [1.807, 2.05) is 0 Å². The van der Waals surface area contributed by atoms with E-state index >= 15 is 0 Å². The number of aliphatic hydroxyl groups is 1. The van der Waals surface area contributed by atoms with Gasteiger partial charge < -0.3 is 5.11 Å². The van der Waals surface area contributed by atoms with Crippen molar-refractivity contribution in [2.24, 2.45) is 11.8 Å². The van der Waals surface area contributed by atoms with E-state index < -0.39 is 7.26 Å². The fraction of sp³-hybridized carbons (Fsp3) is 0.500. The number of hydrogen-bond donors (Lipinski definition) is 1. The second-order valence-corrected chi connectivity index (χ2v) is 11.6. The molecule has 2 atom stereocenters. The highest BCUT2D eigenvalue weighted by molar-refractivity contribution is 7.89. The summed E-state index contributed by atoms with van der Waals surface area (Å²) in [5, 5.41) is 13.9. The number of unbranched alkanes of at least 4 members (excludes halogenated alkanes) is 1. The molecule has 0 aromatic heterocycles. The zero-order valence-corrected chi connectivity index (χ0v) is 17.8. The maximum absolute atomic E-state index is 10.9. The molecular formula is C24H36OP+. The molecule has 142 valence electrons. The number of hydrogen-bond acceptors (Lipinski definition) is 1. The van der Waals surface area contributed by atoms with Crippen LogP contribution in [0.2, 0.25) is 0 Å². The topological polar surface area (TPSA) is 20.2 Å².